The fourth-order valence-corrected chi connectivity index (χ4v) is 5.23. The number of ether oxygens (including phenoxy) is 2. The van der Waals surface area contributed by atoms with Crippen LogP contribution in [0.25, 0.3) is 0 Å². The highest BCUT2D eigenvalue weighted by Crippen LogP contribution is 2.26. The Labute approximate surface area is 211 Å². The van der Waals surface area contributed by atoms with Gasteiger partial charge in [-0.15, -0.1) is 0 Å². The largest absolute Gasteiger partial charge is 0.417 e. The average molecular weight is 506 g/mol. The molecule has 3 aromatic rings. The van der Waals surface area contributed by atoms with Crippen molar-refractivity contribution >= 4 is 22.0 Å². The number of nitrogens with zero attached hydrogens (tertiary/aromatic N) is 1. The van der Waals surface area contributed by atoms with E-state index in [-0.39, 0.29) is 18.0 Å². The third kappa shape index (κ3) is 5.40. The fourth-order valence-electron chi connectivity index (χ4n) is 3.87. The van der Waals surface area contributed by atoms with Gasteiger partial charge in [0.05, 0.1) is 16.0 Å². The lowest BCUT2D eigenvalue weighted by molar-refractivity contribution is -0.0608. The van der Waals surface area contributed by atoms with Gasteiger partial charge in [-0.3, -0.25) is 0 Å². The highest BCUT2D eigenvalue weighted by molar-refractivity contribution is 7.89. The van der Waals surface area contributed by atoms with Crippen molar-refractivity contribution in [2.24, 2.45) is 0 Å². The molecule has 1 aliphatic rings. The molecule has 1 heterocycles. The minimum Gasteiger partial charge on any atom is -0.417 e. The summed E-state index contributed by atoms with van der Waals surface area (Å²) < 4.78 is 38.9. The second-order valence-corrected chi connectivity index (χ2v) is 10.6. The zero-order valence-corrected chi connectivity index (χ0v) is 21.1. The topological polar surface area (TPSA) is 90.0 Å². The van der Waals surface area contributed by atoms with Gasteiger partial charge in [0.2, 0.25) is 10.0 Å². The predicted molar refractivity (Wildman–Crippen MR) is 135 cm³/mol. The van der Waals surface area contributed by atoms with Gasteiger partial charge < -0.3 is 9.47 Å². The smallest absolute Gasteiger partial charge is 0.341 e. The maximum Gasteiger partial charge on any atom is 0.341 e. The number of esters is 2. The predicted octanol–water partition coefficient (Wildman–Crippen LogP) is 4.58. The second-order valence-electron chi connectivity index (χ2n) is 8.66. The van der Waals surface area contributed by atoms with Crippen molar-refractivity contribution in [1.29, 1.82) is 0 Å². The highest BCUT2D eigenvalue weighted by atomic mass is 32.2. The van der Waals surface area contributed by atoms with Crippen molar-refractivity contribution in [1.82, 2.24) is 4.31 Å². The van der Waals surface area contributed by atoms with Crippen LogP contribution in [0.2, 0.25) is 0 Å². The summed E-state index contributed by atoms with van der Waals surface area (Å²) in [7, 11) is -3.80. The molecule has 0 spiro atoms. The summed E-state index contributed by atoms with van der Waals surface area (Å²) in [5.41, 5.74) is 3.38. The van der Waals surface area contributed by atoms with Gasteiger partial charge in [-0.25, -0.2) is 18.0 Å². The quantitative estimate of drug-likeness (QED) is 0.265. The Morgan fingerprint density at radius 3 is 1.78 bits per heavy atom. The van der Waals surface area contributed by atoms with Crippen LogP contribution in [0.1, 0.15) is 37.4 Å². The van der Waals surface area contributed by atoms with Crippen molar-refractivity contribution in [3.63, 3.8) is 0 Å². The van der Waals surface area contributed by atoms with E-state index < -0.39 is 28.3 Å². The zero-order chi connectivity index (χ0) is 25.9. The standard InChI is InChI=1S/C28H27NO6S/c1-19-12-14-23(15-13-19)36(32,33)29-17-16-22(18-29)28(34-26(30)24-10-6-4-8-20(24)2)35-27(31)25-11-7-5-9-21(25)3/h4-16,28H,17-18H2,1-3H3. The van der Waals surface area contributed by atoms with E-state index >= 15 is 0 Å². The Morgan fingerprint density at radius 2 is 1.28 bits per heavy atom. The molecule has 0 saturated carbocycles. The maximum absolute atomic E-state index is 13.2. The Kier molecular flexibility index (Phi) is 7.37. The maximum atomic E-state index is 13.2. The second kappa shape index (κ2) is 10.5. The average Bonchev–Trinajstić information content (AvgIpc) is 3.36. The molecule has 8 heteroatoms. The normalized spacial score (nSPS) is 13.9. The summed E-state index contributed by atoms with van der Waals surface area (Å²) in [5.74, 6) is -1.34. The van der Waals surface area contributed by atoms with Gasteiger partial charge in [0, 0.05) is 18.7 Å². The minimum absolute atomic E-state index is 0.0614. The van der Waals surface area contributed by atoms with Crippen LogP contribution in [0, 0.1) is 20.8 Å². The number of benzene rings is 3. The molecule has 0 bridgehead atoms. The first-order valence-electron chi connectivity index (χ1n) is 11.5. The molecule has 0 unspecified atom stereocenters. The molecule has 4 rings (SSSR count). The molecular formula is C28H27NO6S. The van der Waals surface area contributed by atoms with Crippen LogP contribution in [-0.4, -0.2) is 44.0 Å². The minimum atomic E-state index is -3.80. The molecule has 36 heavy (non-hydrogen) atoms. The van der Waals surface area contributed by atoms with Crippen molar-refractivity contribution < 1.29 is 27.5 Å². The van der Waals surface area contributed by atoms with Crippen molar-refractivity contribution in [2.75, 3.05) is 13.1 Å². The Balaban J connectivity index is 1.59. The van der Waals surface area contributed by atoms with Crippen LogP contribution in [0.15, 0.2) is 89.3 Å². The SMILES string of the molecule is Cc1ccc(S(=O)(=O)N2CC=C(C(OC(=O)c3ccccc3C)OC(=O)c3ccccc3C)C2)cc1. The number of aryl methyl sites for hydroxylation is 3. The summed E-state index contributed by atoms with van der Waals surface area (Å²) >= 11 is 0. The molecule has 1 aliphatic heterocycles. The lowest BCUT2D eigenvalue weighted by atomic mass is 10.1. The number of hydrogen-bond acceptors (Lipinski definition) is 6. The Bertz CT molecular complexity index is 1370. The van der Waals surface area contributed by atoms with Crippen LogP contribution < -0.4 is 0 Å². The van der Waals surface area contributed by atoms with E-state index in [4.69, 9.17) is 9.47 Å². The van der Waals surface area contributed by atoms with Gasteiger partial charge in [0.25, 0.3) is 6.29 Å². The molecule has 0 aliphatic carbocycles. The summed E-state index contributed by atoms with van der Waals surface area (Å²) in [4.78, 5) is 26.1. The van der Waals surface area contributed by atoms with E-state index in [1.165, 1.54) is 4.31 Å². The molecular weight excluding hydrogens is 478 g/mol. The number of carbonyl (C=O) groups excluding carboxylic acids is 2. The van der Waals surface area contributed by atoms with E-state index in [0.717, 1.165) is 5.56 Å². The van der Waals surface area contributed by atoms with Crippen LogP contribution in [0.5, 0.6) is 0 Å². The van der Waals surface area contributed by atoms with Crippen molar-refractivity contribution in [3.8, 4) is 0 Å². The lowest BCUT2D eigenvalue weighted by Gasteiger charge is -2.22. The van der Waals surface area contributed by atoms with E-state index in [1.807, 2.05) is 6.92 Å². The van der Waals surface area contributed by atoms with Crippen LogP contribution in [0.3, 0.4) is 0 Å². The van der Waals surface area contributed by atoms with Gasteiger partial charge in [0.1, 0.15) is 0 Å². The van der Waals surface area contributed by atoms with Crippen LogP contribution >= 0.6 is 0 Å². The van der Waals surface area contributed by atoms with Gasteiger partial charge >= 0.3 is 11.9 Å². The number of hydrogen-bond donors (Lipinski definition) is 0. The van der Waals surface area contributed by atoms with Gasteiger partial charge in [-0.2, -0.15) is 4.31 Å². The summed E-state index contributed by atoms with van der Waals surface area (Å²) in [5, 5.41) is 0. The highest BCUT2D eigenvalue weighted by Gasteiger charge is 2.34. The number of carbonyl (C=O) groups is 2. The first kappa shape index (κ1) is 25.3. The van der Waals surface area contributed by atoms with Gasteiger partial charge in [0.15, 0.2) is 0 Å². The fraction of sp³-hybridized carbons (Fsp3) is 0.214. The molecule has 7 nitrogen and oxygen atoms in total. The molecule has 3 aromatic carbocycles. The lowest BCUT2D eigenvalue weighted by Crippen LogP contribution is -2.33. The zero-order valence-electron chi connectivity index (χ0n) is 20.3. The Hall–Kier alpha value is -3.75. The monoisotopic (exact) mass is 505 g/mol. The van der Waals surface area contributed by atoms with Crippen molar-refractivity contribution in [3.05, 3.63) is 112 Å². The number of rotatable bonds is 7. The third-order valence-corrected chi connectivity index (χ3v) is 7.86. The third-order valence-electron chi connectivity index (χ3n) is 6.04. The van der Waals surface area contributed by atoms with Crippen molar-refractivity contribution in [2.45, 2.75) is 32.0 Å². The molecule has 0 aromatic heterocycles. The van der Waals surface area contributed by atoms with Gasteiger partial charge in [-0.05, 0) is 56.2 Å². The van der Waals surface area contributed by atoms with E-state index in [1.54, 1.807) is 92.7 Å². The van der Waals surface area contributed by atoms with E-state index in [2.05, 4.69) is 0 Å². The van der Waals surface area contributed by atoms with Crippen LogP contribution in [0.4, 0.5) is 0 Å². The first-order chi connectivity index (χ1) is 17.2. The molecule has 0 fully saturated rings. The summed E-state index contributed by atoms with van der Waals surface area (Å²) in [6, 6.07) is 20.4. The number of sulfonamides is 1. The summed E-state index contributed by atoms with van der Waals surface area (Å²) in [6.45, 7) is 5.41. The molecule has 0 saturated heterocycles. The van der Waals surface area contributed by atoms with Gasteiger partial charge in [-0.1, -0.05) is 60.2 Å². The Morgan fingerprint density at radius 1 is 0.778 bits per heavy atom. The molecule has 186 valence electrons. The van der Waals surface area contributed by atoms with Crippen LogP contribution in [-0.2, 0) is 19.5 Å². The van der Waals surface area contributed by atoms with E-state index in [0.29, 0.717) is 27.8 Å². The van der Waals surface area contributed by atoms with E-state index in [9.17, 15) is 18.0 Å². The molecule has 0 radical (unpaired) electrons. The molecule has 0 N–H and O–H groups in total. The first-order valence-corrected chi connectivity index (χ1v) is 12.9. The molecule has 0 atom stereocenters. The molecule has 0 amide bonds. The summed E-state index contributed by atoms with van der Waals surface area (Å²) in [6.07, 6.45) is 0.231.